The highest BCUT2D eigenvalue weighted by atomic mass is 32.2. The van der Waals surface area contributed by atoms with Gasteiger partial charge in [0.1, 0.15) is 5.82 Å². The number of carbonyl (C=O) groups is 1. The molecule has 0 bridgehead atoms. The van der Waals surface area contributed by atoms with E-state index < -0.39 is 15.8 Å². The quantitative estimate of drug-likeness (QED) is 0.671. The van der Waals surface area contributed by atoms with E-state index in [2.05, 4.69) is 17.2 Å². The largest absolute Gasteiger partial charge is 0.335 e. The number of quaternary nitrogens is 1. The van der Waals surface area contributed by atoms with Crippen molar-refractivity contribution in [3.63, 3.8) is 0 Å². The van der Waals surface area contributed by atoms with E-state index >= 15 is 0 Å². The van der Waals surface area contributed by atoms with Crippen LogP contribution in [0.3, 0.4) is 0 Å². The molecule has 0 atom stereocenters. The number of anilines is 1. The number of sulfonamides is 1. The van der Waals surface area contributed by atoms with E-state index in [0.29, 0.717) is 11.1 Å². The van der Waals surface area contributed by atoms with Crippen LogP contribution in [0, 0.1) is 12.7 Å². The minimum absolute atomic E-state index is 0.0320. The van der Waals surface area contributed by atoms with Gasteiger partial charge in [0.2, 0.25) is 0 Å². The molecule has 1 heterocycles. The van der Waals surface area contributed by atoms with Gasteiger partial charge in [-0.15, -0.1) is 0 Å². The average Bonchev–Trinajstić information content (AvgIpc) is 2.65. The first-order chi connectivity index (χ1) is 13.2. The lowest BCUT2D eigenvalue weighted by Crippen LogP contribution is -3.12. The molecule has 3 N–H and O–H groups in total. The predicted octanol–water partition coefficient (Wildman–Crippen LogP) is 0.410. The summed E-state index contributed by atoms with van der Waals surface area (Å²) >= 11 is 0. The number of nitrogens with zero attached hydrogens (tertiary/aromatic N) is 1. The summed E-state index contributed by atoms with van der Waals surface area (Å²) in [7, 11) is -1.81. The summed E-state index contributed by atoms with van der Waals surface area (Å²) in [5.41, 5.74) is 4.08. The number of carbonyl (C=O) groups excluding carboxylic acids is 1. The maximum absolute atomic E-state index is 13.0. The summed E-state index contributed by atoms with van der Waals surface area (Å²) in [6, 6.07) is 9.42. The average molecular weight is 407 g/mol. The number of halogens is 1. The molecule has 0 unspecified atom stereocenters. The summed E-state index contributed by atoms with van der Waals surface area (Å²) in [6.45, 7) is 5.08. The van der Waals surface area contributed by atoms with Crippen LogP contribution < -0.4 is 15.0 Å². The molecule has 1 saturated heterocycles. The maximum atomic E-state index is 13.0. The van der Waals surface area contributed by atoms with E-state index in [1.54, 1.807) is 13.0 Å². The predicted molar refractivity (Wildman–Crippen MR) is 104 cm³/mol. The summed E-state index contributed by atoms with van der Waals surface area (Å²) in [6.07, 6.45) is 0. The minimum Gasteiger partial charge on any atom is -0.335 e. The van der Waals surface area contributed by atoms with Gasteiger partial charge in [0, 0.05) is 11.3 Å². The zero-order chi connectivity index (χ0) is 20.3. The van der Waals surface area contributed by atoms with Gasteiger partial charge in [-0.05, 0) is 48.9 Å². The standard InChI is InChI=1S/C19H23FN4O3S/c1-14-3-8-17(28(26,27)22-16-6-4-15(20)5-7-16)13-18(14)19(25)21-24-11-9-23(2)10-12-24/h3-8,13,22H,9-12H2,1-2H3,(H,21,25)/p+1. The summed E-state index contributed by atoms with van der Waals surface area (Å²) in [5.74, 6) is -0.793. The fraction of sp³-hybridized carbons (Fsp3) is 0.316. The summed E-state index contributed by atoms with van der Waals surface area (Å²) in [5, 5.41) is 1.85. The molecule has 1 aliphatic rings. The molecule has 150 valence electrons. The van der Waals surface area contributed by atoms with Crippen molar-refractivity contribution in [2.75, 3.05) is 37.9 Å². The molecule has 0 saturated carbocycles. The number of piperazine rings is 1. The molecule has 1 aliphatic heterocycles. The number of nitrogens with one attached hydrogen (secondary N) is 3. The SMILES string of the molecule is Cc1ccc(S(=O)(=O)Nc2ccc(F)cc2)cc1C(=O)NN1CC[NH+](C)CC1. The van der Waals surface area contributed by atoms with Crippen molar-refractivity contribution in [2.45, 2.75) is 11.8 Å². The first kappa shape index (κ1) is 20.2. The van der Waals surface area contributed by atoms with Crippen molar-refractivity contribution in [3.05, 3.63) is 59.4 Å². The van der Waals surface area contributed by atoms with Gasteiger partial charge in [-0.3, -0.25) is 14.9 Å². The van der Waals surface area contributed by atoms with Gasteiger partial charge in [0.05, 0.1) is 38.1 Å². The minimum atomic E-state index is -3.91. The number of hydrazine groups is 1. The van der Waals surface area contributed by atoms with Gasteiger partial charge in [-0.2, -0.15) is 0 Å². The second-order valence-electron chi connectivity index (χ2n) is 6.97. The number of hydrogen-bond donors (Lipinski definition) is 3. The third kappa shape index (κ3) is 4.86. The highest BCUT2D eigenvalue weighted by molar-refractivity contribution is 7.92. The van der Waals surface area contributed by atoms with Crippen LogP contribution >= 0.6 is 0 Å². The lowest BCUT2D eigenvalue weighted by Gasteiger charge is -2.30. The Kier molecular flexibility index (Phi) is 5.97. The highest BCUT2D eigenvalue weighted by Crippen LogP contribution is 2.19. The zero-order valence-corrected chi connectivity index (χ0v) is 16.6. The molecule has 0 aromatic heterocycles. The molecule has 0 radical (unpaired) electrons. The van der Waals surface area contributed by atoms with Crippen LogP contribution in [0.4, 0.5) is 10.1 Å². The summed E-state index contributed by atoms with van der Waals surface area (Å²) < 4.78 is 40.7. The monoisotopic (exact) mass is 407 g/mol. The van der Waals surface area contributed by atoms with Crippen molar-refractivity contribution in [2.24, 2.45) is 0 Å². The lowest BCUT2D eigenvalue weighted by atomic mass is 10.1. The van der Waals surface area contributed by atoms with Crippen LogP contribution in [-0.4, -0.2) is 52.6 Å². The van der Waals surface area contributed by atoms with E-state index in [4.69, 9.17) is 0 Å². The fourth-order valence-corrected chi connectivity index (χ4v) is 4.03. The zero-order valence-electron chi connectivity index (χ0n) is 15.8. The molecule has 0 spiro atoms. The van der Waals surface area contributed by atoms with Gasteiger partial charge in [-0.1, -0.05) is 6.07 Å². The van der Waals surface area contributed by atoms with Gasteiger partial charge in [0.15, 0.2) is 0 Å². The van der Waals surface area contributed by atoms with Crippen molar-refractivity contribution >= 4 is 21.6 Å². The Bertz CT molecular complexity index is 956. The molecule has 3 rings (SSSR count). The number of aryl methyl sites for hydroxylation is 1. The van der Waals surface area contributed by atoms with Crippen LogP contribution in [0.15, 0.2) is 47.4 Å². The Labute approximate surface area is 164 Å². The van der Waals surface area contributed by atoms with Crippen molar-refractivity contribution in [1.29, 1.82) is 0 Å². The third-order valence-corrected chi connectivity index (χ3v) is 6.12. The second-order valence-corrected chi connectivity index (χ2v) is 8.66. The molecular formula is C19H24FN4O3S+. The Morgan fingerprint density at radius 2 is 1.75 bits per heavy atom. The Hall–Kier alpha value is -2.49. The Morgan fingerprint density at radius 1 is 1.11 bits per heavy atom. The van der Waals surface area contributed by atoms with Crippen LogP contribution in [0.5, 0.6) is 0 Å². The first-order valence-electron chi connectivity index (χ1n) is 9.01. The van der Waals surface area contributed by atoms with Gasteiger partial charge < -0.3 is 4.90 Å². The molecule has 2 aromatic rings. The number of benzene rings is 2. The van der Waals surface area contributed by atoms with Gasteiger partial charge >= 0.3 is 0 Å². The van der Waals surface area contributed by atoms with E-state index in [0.717, 1.165) is 26.2 Å². The third-order valence-electron chi connectivity index (χ3n) is 4.74. The molecule has 2 aromatic carbocycles. The molecule has 1 fully saturated rings. The van der Waals surface area contributed by atoms with Crippen LogP contribution in [0.1, 0.15) is 15.9 Å². The normalized spacial score (nSPS) is 16.0. The van der Waals surface area contributed by atoms with E-state index in [-0.39, 0.29) is 16.5 Å². The maximum Gasteiger partial charge on any atom is 0.265 e. The molecule has 0 aliphatic carbocycles. The Balaban J connectivity index is 1.78. The van der Waals surface area contributed by atoms with E-state index in [1.807, 2.05) is 5.01 Å². The molecule has 28 heavy (non-hydrogen) atoms. The van der Waals surface area contributed by atoms with Crippen LogP contribution in [-0.2, 0) is 10.0 Å². The van der Waals surface area contributed by atoms with Gasteiger partial charge in [0.25, 0.3) is 15.9 Å². The number of amides is 1. The number of likely N-dealkylation sites (N-methyl/N-ethyl adjacent to an activating group) is 1. The van der Waals surface area contributed by atoms with Gasteiger partial charge in [-0.25, -0.2) is 17.8 Å². The molecule has 7 nitrogen and oxygen atoms in total. The second kappa shape index (κ2) is 8.26. The van der Waals surface area contributed by atoms with E-state index in [9.17, 15) is 17.6 Å². The summed E-state index contributed by atoms with van der Waals surface area (Å²) in [4.78, 5) is 14.0. The topological polar surface area (TPSA) is 82.9 Å². The molecular weight excluding hydrogens is 383 g/mol. The van der Waals surface area contributed by atoms with Crippen molar-refractivity contribution in [1.82, 2.24) is 10.4 Å². The highest BCUT2D eigenvalue weighted by Gasteiger charge is 2.22. The smallest absolute Gasteiger partial charge is 0.265 e. The van der Waals surface area contributed by atoms with Crippen LogP contribution in [0.2, 0.25) is 0 Å². The number of hydrogen-bond acceptors (Lipinski definition) is 4. The van der Waals surface area contributed by atoms with Crippen molar-refractivity contribution < 1.29 is 22.5 Å². The number of rotatable bonds is 5. The van der Waals surface area contributed by atoms with E-state index in [1.165, 1.54) is 41.3 Å². The van der Waals surface area contributed by atoms with Crippen molar-refractivity contribution in [3.8, 4) is 0 Å². The lowest BCUT2D eigenvalue weighted by molar-refractivity contribution is -0.884. The molecule has 9 heteroatoms. The Morgan fingerprint density at radius 3 is 2.39 bits per heavy atom. The van der Waals surface area contributed by atoms with Crippen LogP contribution in [0.25, 0.3) is 0 Å². The molecule has 1 amide bonds. The fourth-order valence-electron chi connectivity index (χ4n) is 2.95. The first-order valence-corrected chi connectivity index (χ1v) is 10.5.